The molecule has 0 aliphatic heterocycles. The van der Waals surface area contributed by atoms with Crippen LogP contribution in [0.2, 0.25) is 0 Å². The first-order chi connectivity index (χ1) is 6.97. The highest BCUT2D eigenvalue weighted by atomic mass is 16.4. The van der Waals surface area contributed by atoms with Crippen molar-refractivity contribution < 1.29 is 9.90 Å². The Morgan fingerprint density at radius 2 is 2.33 bits per heavy atom. The minimum atomic E-state index is -0.954. The van der Waals surface area contributed by atoms with Crippen LogP contribution in [0.15, 0.2) is 6.33 Å². The number of nitrogens with zero attached hydrogens (tertiary/aromatic N) is 3. The van der Waals surface area contributed by atoms with Gasteiger partial charge in [-0.2, -0.15) is 5.10 Å². The monoisotopic (exact) mass is 212 g/mol. The second-order valence-electron chi connectivity index (χ2n) is 3.78. The van der Waals surface area contributed by atoms with Crippen LogP contribution in [0.25, 0.3) is 0 Å². The number of carbonyl (C=O) groups is 1. The van der Waals surface area contributed by atoms with Gasteiger partial charge in [-0.1, -0.05) is 0 Å². The van der Waals surface area contributed by atoms with E-state index in [0.29, 0.717) is 6.54 Å². The van der Waals surface area contributed by atoms with Crippen molar-refractivity contribution in [3.05, 3.63) is 12.2 Å². The molecule has 1 aromatic rings. The Labute approximate surface area is 88.3 Å². The fourth-order valence-electron chi connectivity index (χ4n) is 1.06. The number of hydrogen-bond acceptors (Lipinski definition) is 4. The van der Waals surface area contributed by atoms with E-state index in [-0.39, 0.29) is 0 Å². The Morgan fingerprint density at radius 1 is 1.67 bits per heavy atom. The van der Waals surface area contributed by atoms with Crippen LogP contribution < -0.4 is 5.32 Å². The maximum atomic E-state index is 10.8. The summed E-state index contributed by atoms with van der Waals surface area (Å²) >= 11 is 0. The molecule has 2 N–H and O–H groups in total. The standard InChI is InChI=1S/C9H16N4O2/c1-4-13-7(10-6-12-13)5-11-9(2,3)8(14)15/h6,11H,4-5H2,1-3H3,(H,14,15). The molecule has 1 rings (SSSR count). The fraction of sp³-hybridized carbons (Fsp3) is 0.667. The summed E-state index contributed by atoms with van der Waals surface area (Å²) in [5, 5.41) is 15.8. The fourth-order valence-corrected chi connectivity index (χ4v) is 1.06. The first-order valence-corrected chi connectivity index (χ1v) is 4.82. The maximum absolute atomic E-state index is 10.8. The van der Waals surface area contributed by atoms with Gasteiger partial charge in [0.1, 0.15) is 17.7 Å². The smallest absolute Gasteiger partial charge is 0.323 e. The molecule has 0 saturated carbocycles. The number of aromatic nitrogens is 3. The molecular weight excluding hydrogens is 196 g/mol. The van der Waals surface area contributed by atoms with Gasteiger partial charge in [0, 0.05) is 6.54 Å². The average Bonchev–Trinajstić information content (AvgIpc) is 2.61. The van der Waals surface area contributed by atoms with Gasteiger partial charge in [0.15, 0.2) is 0 Å². The quantitative estimate of drug-likeness (QED) is 0.731. The third-order valence-electron chi connectivity index (χ3n) is 2.22. The SMILES string of the molecule is CCn1ncnc1CNC(C)(C)C(=O)O. The van der Waals surface area contributed by atoms with E-state index in [1.54, 1.807) is 18.5 Å². The highest BCUT2D eigenvalue weighted by Gasteiger charge is 2.26. The summed E-state index contributed by atoms with van der Waals surface area (Å²) < 4.78 is 1.73. The summed E-state index contributed by atoms with van der Waals surface area (Å²) in [7, 11) is 0. The number of nitrogens with one attached hydrogen (secondary N) is 1. The number of aryl methyl sites for hydroxylation is 1. The zero-order valence-electron chi connectivity index (χ0n) is 9.19. The van der Waals surface area contributed by atoms with Crippen LogP contribution in [0.4, 0.5) is 0 Å². The lowest BCUT2D eigenvalue weighted by molar-refractivity contribution is -0.143. The van der Waals surface area contributed by atoms with Crippen LogP contribution in [-0.2, 0) is 17.9 Å². The lowest BCUT2D eigenvalue weighted by Crippen LogP contribution is -2.46. The molecular formula is C9H16N4O2. The lowest BCUT2D eigenvalue weighted by atomic mass is 10.1. The first kappa shape index (κ1) is 11.6. The average molecular weight is 212 g/mol. The van der Waals surface area contributed by atoms with Crippen LogP contribution in [0, 0.1) is 0 Å². The van der Waals surface area contributed by atoms with Crippen molar-refractivity contribution in [2.75, 3.05) is 0 Å². The summed E-state index contributed by atoms with van der Waals surface area (Å²) in [6, 6.07) is 0. The predicted molar refractivity (Wildman–Crippen MR) is 54.3 cm³/mol. The van der Waals surface area contributed by atoms with E-state index in [0.717, 1.165) is 12.4 Å². The van der Waals surface area contributed by atoms with Crippen LogP contribution in [0.5, 0.6) is 0 Å². The molecule has 84 valence electrons. The number of hydrogen-bond donors (Lipinski definition) is 2. The van der Waals surface area contributed by atoms with Gasteiger partial charge in [-0.25, -0.2) is 9.67 Å². The highest BCUT2D eigenvalue weighted by Crippen LogP contribution is 2.03. The molecule has 1 aromatic heterocycles. The van der Waals surface area contributed by atoms with E-state index >= 15 is 0 Å². The summed E-state index contributed by atoms with van der Waals surface area (Å²) in [4.78, 5) is 14.9. The van der Waals surface area contributed by atoms with Crippen molar-refractivity contribution >= 4 is 5.97 Å². The second-order valence-corrected chi connectivity index (χ2v) is 3.78. The molecule has 0 aliphatic rings. The van der Waals surface area contributed by atoms with Crippen molar-refractivity contribution in [2.24, 2.45) is 0 Å². The van der Waals surface area contributed by atoms with Gasteiger partial charge in [0.2, 0.25) is 0 Å². The van der Waals surface area contributed by atoms with E-state index in [1.807, 2.05) is 6.92 Å². The van der Waals surface area contributed by atoms with Gasteiger partial charge in [0.05, 0.1) is 6.54 Å². The predicted octanol–water partition coefficient (Wildman–Crippen LogP) is 0.251. The third-order valence-corrected chi connectivity index (χ3v) is 2.22. The molecule has 15 heavy (non-hydrogen) atoms. The number of carboxylic acid groups (broad SMARTS) is 1. The Morgan fingerprint density at radius 3 is 2.87 bits per heavy atom. The van der Waals surface area contributed by atoms with Crippen molar-refractivity contribution in [1.29, 1.82) is 0 Å². The van der Waals surface area contributed by atoms with Gasteiger partial charge in [-0.3, -0.25) is 10.1 Å². The van der Waals surface area contributed by atoms with Gasteiger partial charge >= 0.3 is 5.97 Å². The number of aliphatic carboxylic acids is 1. The van der Waals surface area contributed by atoms with Crippen LogP contribution in [0.3, 0.4) is 0 Å². The highest BCUT2D eigenvalue weighted by molar-refractivity contribution is 5.77. The summed E-state index contributed by atoms with van der Waals surface area (Å²) in [6.07, 6.45) is 1.47. The van der Waals surface area contributed by atoms with Crippen molar-refractivity contribution in [3.8, 4) is 0 Å². The van der Waals surface area contributed by atoms with Crippen molar-refractivity contribution in [2.45, 2.75) is 39.4 Å². The van der Waals surface area contributed by atoms with Gasteiger partial charge < -0.3 is 5.11 Å². The molecule has 1 heterocycles. The normalized spacial score (nSPS) is 11.7. The molecule has 0 fully saturated rings. The Kier molecular flexibility index (Phi) is 3.41. The van der Waals surface area contributed by atoms with Crippen LogP contribution in [-0.4, -0.2) is 31.4 Å². The maximum Gasteiger partial charge on any atom is 0.323 e. The summed E-state index contributed by atoms with van der Waals surface area (Å²) in [5.74, 6) is -0.142. The van der Waals surface area contributed by atoms with E-state index in [4.69, 9.17) is 5.11 Å². The van der Waals surface area contributed by atoms with Gasteiger partial charge in [0.25, 0.3) is 0 Å². The second kappa shape index (κ2) is 4.39. The van der Waals surface area contributed by atoms with Crippen molar-refractivity contribution in [3.63, 3.8) is 0 Å². The van der Waals surface area contributed by atoms with E-state index in [2.05, 4.69) is 15.4 Å². The summed E-state index contributed by atoms with van der Waals surface area (Å²) in [5.41, 5.74) is -0.954. The molecule has 0 saturated heterocycles. The minimum absolute atomic E-state index is 0.396. The molecule has 0 aromatic carbocycles. The topological polar surface area (TPSA) is 80.0 Å². The van der Waals surface area contributed by atoms with E-state index < -0.39 is 11.5 Å². The van der Waals surface area contributed by atoms with Crippen LogP contribution >= 0.6 is 0 Å². The molecule has 0 unspecified atom stereocenters. The number of rotatable bonds is 5. The molecule has 0 aliphatic carbocycles. The van der Waals surface area contributed by atoms with E-state index in [9.17, 15) is 4.79 Å². The summed E-state index contributed by atoms with van der Waals surface area (Å²) in [6.45, 7) is 6.31. The molecule has 0 bridgehead atoms. The van der Waals surface area contributed by atoms with Crippen LogP contribution in [0.1, 0.15) is 26.6 Å². The minimum Gasteiger partial charge on any atom is -0.480 e. The largest absolute Gasteiger partial charge is 0.480 e. The molecule has 0 spiro atoms. The lowest BCUT2D eigenvalue weighted by Gasteiger charge is -2.20. The Balaban J connectivity index is 2.61. The van der Waals surface area contributed by atoms with Gasteiger partial charge in [-0.15, -0.1) is 0 Å². The molecule has 0 amide bonds. The zero-order valence-corrected chi connectivity index (χ0v) is 9.19. The Bertz CT molecular complexity index is 346. The Hall–Kier alpha value is -1.43. The zero-order chi connectivity index (χ0) is 11.5. The third kappa shape index (κ3) is 2.76. The van der Waals surface area contributed by atoms with Crippen molar-refractivity contribution in [1.82, 2.24) is 20.1 Å². The van der Waals surface area contributed by atoms with E-state index in [1.165, 1.54) is 6.33 Å². The van der Waals surface area contributed by atoms with Gasteiger partial charge in [-0.05, 0) is 20.8 Å². The molecule has 0 atom stereocenters. The number of carboxylic acids is 1. The molecule has 6 heteroatoms. The molecule has 0 radical (unpaired) electrons. The molecule has 6 nitrogen and oxygen atoms in total. The first-order valence-electron chi connectivity index (χ1n) is 4.82.